The van der Waals surface area contributed by atoms with E-state index >= 15 is 0 Å². The van der Waals surface area contributed by atoms with Gasteiger partial charge >= 0.3 is 5.88 Å². The summed E-state index contributed by atoms with van der Waals surface area (Å²) < 4.78 is 5.11. The van der Waals surface area contributed by atoms with E-state index < -0.39 is 16.6 Å². The minimum absolute atomic E-state index is 0.192. The first-order valence-electron chi connectivity index (χ1n) is 5.60. The highest BCUT2D eigenvalue weighted by molar-refractivity contribution is 6.34. The van der Waals surface area contributed by atoms with E-state index in [4.69, 9.17) is 0 Å². The highest BCUT2D eigenvalue weighted by atomic mass is 16.6. The van der Waals surface area contributed by atoms with E-state index in [1.807, 2.05) is 21.1 Å². The molecule has 1 rings (SSSR count). The molecule has 1 amide bonds. The standard InChI is InChI=1S/C11H14N4O5/c1-15(2,3)7-10(17)13-12-6-8(16)9-4-5-11(20-9)14(18)19/h4-6H,7H2,1-3H3/p+1. The van der Waals surface area contributed by atoms with Gasteiger partial charge in [-0.1, -0.05) is 0 Å². The van der Waals surface area contributed by atoms with E-state index in [0.717, 1.165) is 12.3 Å². The smallest absolute Gasteiger partial charge is 0.397 e. The fourth-order valence-electron chi connectivity index (χ4n) is 1.25. The fourth-order valence-corrected chi connectivity index (χ4v) is 1.25. The lowest BCUT2D eigenvalue weighted by atomic mass is 10.3. The van der Waals surface area contributed by atoms with Crippen LogP contribution in [0.1, 0.15) is 10.6 Å². The number of nitrogens with one attached hydrogen (secondary N) is 1. The lowest BCUT2D eigenvalue weighted by Crippen LogP contribution is -2.43. The molecule has 0 fully saturated rings. The van der Waals surface area contributed by atoms with Gasteiger partial charge in [0.05, 0.1) is 33.4 Å². The SMILES string of the molecule is C[N+](C)(C)CC(=O)N/N=C/C(=O)c1ccc([N+](=O)[O-])o1. The van der Waals surface area contributed by atoms with Gasteiger partial charge in [0.2, 0.25) is 5.78 Å². The highest BCUT2D eigenvalue weighted by Crippen LogP contribution is 2.15. The molecule has 1 N–H and O–H groups in total. The second-order valence-corrected chi connectivity index (χ2v) is 5.00. The molecular weight excluding hydrogens is 268 g/mol. The van der Waals surface area contributed by atoms with E-state index in [0.29, 0.717) is 4.48 Å². The molecule has 1 aromatic heterocycles. The molecule has 0 aromatic carbocycles. The Bertz CT molecular complexity index is 555. The largest absolute Gasteiger partial charge is 0.433 e. The number of nitrogens with zero attached hydrogens (tertiary/aromatic N) is 3. The number of hydrogen-bond acceptors (Lipinski definition) is 6. The summed E-state index contributed by atoms with van der Waals surface area (Å²) in [5.41, 5.74) is 2.19. The van der Waals surface area contributed by atoms with E-state index in [1.54, 1.807) is 0 Å². The number of nitro groups is 1. The Labute approximate surface area is 114 Å². The van der Waals surface area contributed by atoms with Crippen LogP contribution in [0.25, 0.3) is 0 Å². The van der Waals surface area contributed by atoms with Crippen LogP contribution in [0.5, 0.6) is 0 Å². The molecule has 0 bridgehead atoms. The summed E-state index contributed by atoms with van der Waals surface area (Å²) >= 11 is 0. The third-order valence-electron chi connectivity index (χ3n) is 2.00. The molecule has 9 nitrogen and oxygen atoms in total. The van der Waals surface area contributed by atoms with Crippen molar-refractivity contribution < 1.29 is 23.4 Å². The Hall–Kier alpha value is -2.55. The molecule has 1 heterocycles. The highest BCUT2D eigenvalue weighted by Gasteiger charge is 2.16. The molecule has 0 atom stereocenters. The molecule has 108 valence electrons. The summed E-state index contributed by atoms with van der Waals surface area (Å²) in [6, 6.07) is 2.23. The number of Topliss-reactive ketones (excluding diaryl/α,β-unsaturated/α-hetero) is 1. The monoisotopic (exact) mass is 283 g/mol. The predicted octanol–water partition coefficient (Wildman–Crippen LogP) is 0.179. The van der Waals surface area contributed by atoms with Gasteiger partial charge in [-0.3, -0.25) is 19.7 Å². The molecule has 0 saturated heterocycles. The minimum Gasteiger partial charge on any atom is -0.397 e. The Balaban J connectivity index is 2.55. The number of hydrazone groups is 1. The third kappa shape index (κ3) is 4.98. The number of ketones is 1. The van der Waals surface area contributed by atoms with Gasteiger partial charge in [-0.05, 0) is 6.07 Å². The Morgan fingerprint density at radius 1 is 1.45 bits per heavy atom. The summed E-state index contributed by atoms with van der Waals surface area (Å²) in [4.78, 5) is 32.6. The first kappa shape index (κ1) is 15.5. The Kier molecular flexibility index (Phi) is 4.70. The maximum absolute atomic E-state index is 11.5. The fraction of sp³-hybridized carbons (Fsp3) is 0.364. The van der Waals surface area contributed by atoms with E-state index in [1.165, 1.54) is 6.07 Å². The van der Waals surface area contributed by atoms with Gasteiger partial charge in [0.1, 0.15) is 4.92 Å². The van der Waals surface area contributed by atoms with Crippen LogP contribution in [0.4, 0.5) is 5.88 Å². The second-order valence-electron chi connectivity index (χ2n) is 5.00. The molecule has 0 aliphatic carbocycles. The maximum atomic E-state index is 11.5. The summed E-state index contributed by atoms with van der Waals surface area (Å²) in [6.07, 6.45) is 0.829. The molecule has 0 radical (unpaired) electrons. The average Bonchev–Trinajstić information content (AvgIpc) is 2.75. The number of hydrogen-bond donors (Lipinski definition) is 1. The number of rotatable bonds is 6. The zero-order valence-corrected chi connectivity index (χ0v) is 11.3. The molecule has 0 unspecified atom stereocenters. The van der Waals surface area contributed by atoms with Crippen LogP contribution in [0.3, 0.4) is 0 Å². The van der Waals surface area contributed by atoms with Crippen LogP contribution in [0, 0.1) is 10.1 Å². The number of quaternary nitrogens is 1. The summed E-state index contributed by atoms with van der Waals surface area (Å²) in [5.74, 6) is -1.78. The van der Waals surface area contributed by atoms with Crippen molar-refractivity contribution in [2.75, 3.05) is 27.7 Å². The van der Waals surface area contributed by atoms with Crippen LogP contribution < -0.4 is 5.43 Å². The van der Waals surface area contributed by atoms with Gasteiger partial charge in [0, 0.05) is 0 Å². The zero-order chi connectivity index (χ0) is 15.3. The lowest BCUT2D eigenvalue weighted by Gasteiger charge is -2.21. The van der Waals surface area contributed by atoms with Crippen molar-refractivity contribution >= 4 is 23.8 Å². The number of carbonyl (C=O) groups is 2. The molecule has 20 heavy (non-hydrogen) atoms. The molecule has 0 spiro atoms. The topological polar surface area (TPSA) is 115 Å². The molecule has 0 saturated carbocycles. The van der Waals surface area contributed by atoms with Crippen molar-refractivity contribution in [2.45, 2.75) is 0 Å². The van der Waals surface area contributed by atoms with Crippen LogP contribution in [0.15, 0.2) is 21.7 Å². The maximum Gasteiger partial charge on any atom is 0.433 e. The minimum atomic E-state index is -0.753. The summed E-state index contributed by atoms with van der Waals surface area (Å²) in [6.45, 7) is 0.192. The van der Waals surface area contributed by atoms with Crippen molar-refractivity contribution in [2.24, 2.45) is 5.10 Å². The van der Waals surface area contributed by atoms with Gasteiger partial charge in [0.15, 0.2) is 12.3 Å². The normalized spacial score (nSPS) is 11.6. The van der Waals surface area contributed by atoms with Gasteiger partial charge in [-0.2, -0.15) is 5.10 Å². The third-order valence-corrected chi connectivity index (χ3v) is 2.00. The molecule has 1 aromatic rings. The summed E-state index contributed by atoms with van der Waals surface area (Å²) in [7, 11) is 5.49. The van der Waals surface area contributed by atoms with Gasteiger partial charge < -0.3 is 8.90 Å². The Morgan fingerprint density at radius 3 is 2.60 bits per heavy atom. The van der Waals surface area contributed by atoms with Crippen LogP contribution in [-0.2, 0) is 4.79 Å². The molecular formula is C11H15N4O5+. The van der Waals surface area contributed by atoms with Crippen molar-refractivity contribution in [3.63, 3.8) is 0 Å². The average molecular weight is 283 g/mol. The number of furan rings is 1. The number of likely N-dealkylation sites (N-methyl/N-ethyl adjacent to an activating group) is 1. The van der Waals surface area contributed by atoms with Crippen molar-refractivity contribution in [1.82, 2.24) is 5.43 Å². The van der Waals surface area contributed by atoms with Crippen molar-refractivity contribution in [3.05, 3.63) is 28.0 Å². The number of amides is 1. The summed E-state index contributed by atoms with van der Waals surface area (Å²) in [5, 5.41) is 13.9. The van der Waals surface area contributed by atoms with Gasteiger partial charge in [0.25, 0.3) is 5.91 Å². The van der Waals surface area contributed by atoms with Crippen molar-refractivity contribution in [3.8, 4) is 0 Å². The molecule has 0 aliphatic rings. The van der Waals surface area contributed by atoms with Gasteiger partial charge in [-0.25, -0.2) is 5.43 Å². The van der Waals surface area contributed by atoms with Gasteiger partial charge in [-0.15, -0.1) is 0 Å². The first-order chi connectivity index (χ1) is 9.19. The quantitative estimate of drug-likeness (QED) is 0.263. The zero-order valence-electron chi connectivity index (χ0n) is 11.3. The second kappa shape index (κ2) is 6.06. The molecule has 9 heteroatoms. The van der Waals surface area contributed by atoms with E-state index in [2.05, 4.69) is 14.9 Å². The lowest BCUT2D eigenvalue weighted by molar-refractivity contribution is -0.862. The first-order valence-corrected chi connectivity index (χ1v) is 5.60. The molecule has 0 aliphatic heterocycles. The van der Waals surface area contributed by atoms with Crippen molar-refractivity contribution in [1.29, 1.82) is 0 Å². The predicted molar refractivity (Wildman–Crippen MR) is 69.2 cm³/mol. The van der Waals surface area contributed by atoms with Crippen LogP contribution in [-0.4, -0.2) is 55.0 Å². The van der Waals surface area contributed by atoms with E-state index in [9.17, 15) is 19.7 Å². The van der Waals surface area contributed by atoms with Crippen LogP contribution >= 0.6 is 0 Å². The Morgan fingerprint density at radius 2 is 2.10 bits per heavy atom. The van der Waals surface area contributed by atoms with E-state index in [-0.39, 0.29) is 18.2 Å². The van der Waals surface area contributed by atoms with Crippen LogP contribution in [0.2, 0.25) is 0 Å². The number of carbonyl (C=O) groups excluding carboxylic acids is 2.